The van der Waals surface area contributed by atoms with Crippen LogP contribution in [-0.2, 0) is 11.2 Å². The van der Waals surface area contributed by atoms with Crippen LogP contribution in [0.1, 0.15) is 19.4 Å². The molecule has 0 saturated heterocycles. The van der Waals surface area contributed by atoms with E-state index in [4.69, 9.17) is 15.2 Å². The van der Waals surface area contributed by atoms with Crippen molar-refractivity contribution in [3.05, 3.63) is 23.8 Å². The van der Waals surface area contributed by atoms with Crippen LogP contribution in [0.2, 0.25) is 0 Å². The lowest BCUT2D eigenvalue weighted by atomic mass is 10.1. The molecular formula is C14H20N2O3. The van der Waals surface area contributed by atoms with Crippen molar-refractivity contribution in [1.29, 1.82) is 0 Å². The van der Waals surface area contributed by atoms with Crippen LogP contribution in [0.25, 0.3) is 0 Å². The Morgan fingerprint density at radius 3 is 2.84 bits per heavy atom. The van der Waals surface area contributed by atoms with E-state index in [1.807, 2.05) is 32.0 Å². The molecule has 2 rings (SSSR count). The van der Waals surface area contributed by atoms with Gasteiger partial charge in [-0.05, 0) is 38.0 Å². The van der Waals surface area contributed by atoms with Gasteiger partial charge >= 0.3 is 0 Å². The first-order valence-electron chi connectivity index (χ1n) is 6.53. The highest BCUT2D eigenvalue weighted by Crippen LogP contribution is 2.32. The highest BCUT2D eigenvalue weighted by Gasteiger charge is 2.19. The van der Waals surface area contributed by atoms with E-state index in [-0.39, 0.29) is 25.3 Å². The highest BCUT2D eigenvalue weighted by atomic mass is 16.7. The minimum Gasteiger partial charge on any atom is -0.454 e. The topological polar surface area (TPSA) is 64.8 Å². The second kappa shape index (κ2) is 5.93. The average molecular weight is 264 g/mol. The van der Waals surface area contributed by atoms with E-state index >= 15 is 0 Å². The lowest BCUT2D eigenvalue weighted by Crippen LogP contribution is -2.42. The van der Waals surface area contributed by atoms with E-state index in [0.29, 0.717) is 6.54 Å². The molecule has 1 amide bonds. The number of benzene rings is 1. The Hall–Kier alpha value is -1.75. The molecule has 1 aliphatic rings. The van der Waals surface area contributed by atoms with Gasteiger partial charge in [-0.25, -0.2) is 0 Å². The zero-order chi connectivity index (χ0) is 13.8. The molecule has 1 heterocycles. The van der Waals surface area contributed by atoms with Crippen LogP contribution in [0.5, 0.6) is 11.5 Å². The lowest BCUT2D eigenvalue weighted by molar-refractivity contribution is -0.131. The van der Waals surface area contributed by atoms with Gasteiger partial charge in [-0.15, -0.1) is 0 Å². The summed E-state index contributed by atoms with van der Waals surface area (Å²) in [5.41, 5.74) is 6.55. The number of nitrogens with two attached hydrogens (primary N) is 1. The Bertz CT molecular complexity index is 462. The van der Waals surface area contributed by atoms with E-state index in [1.165, 1.54) is 0 Å². The molecule has 1 unspecified atom stereocenters. The minimum absolute atomic E-state index is 0.0178. The number of ether oxygens (including phenoxy) is 2. The van der Waals surface area contributed by atoms with Crippen molar-refractivity contribution in [2.24, 2.45) is 5.73 Å². The van der Waals surface area contributed by atoms with Gasteiger partial charge in [0.25, 0.3) is 0 Å². The summed E-state index contributed by atoms with van der Waals surface area (Å²) in [6, 6.07) is 6.00. The van der Waals surface area contributed by atoms with Crippen molar-refractivity contribution < 1.29 is 14.3 Å². The normalized spacial score (nSPS) is 14.3. The maximum absolute atomic E-state index is 11.7. The number of amides is 1. The van der Waals surface area contributed by atoms with Gasteiger partial charge in [-0.2, -0.15) is 0 Å². The van der Waals surface area contributed by atoms with Crippen molar-refractivity contribution in [3.8, 4) is 11.5 Å². The predicted octanol–water partition coefficient (Wildman–Crippen LogP) is 1.15. The number of carbonyl (C=O) groups excluding carboxylic acids is 1. The van der Waals surface area contributed by atoms with E-state index < -0.39 is 0 Å². The maximum atomic E-state index is 11.7. The molecule has 0 radical (unpaired) electrons. The molecule has 0 spiro atoms. The number of carbonyl (C=O) groups is 1. The van der Waals surface area contributed by atoms with Gasteiger partial charge in [-0.3, -0.25) is 4.79 Å². The summed E-state index contributed by atoms with van der Waals surface area (Å²) < 4.78 is 10.6. The Balaban J connectivity index is 2.05. The van der Waals surface area contributed by atoms with Crippen molar-refractivity contribution >= 4 is 5.91 Å². The van der Waals surface area contributed by atoms with Crippen LogP contribution in [-0.4, -0.2) is 36.7 Å². The molecule has 0 bridgehead atoms. The first-order chi connectivity index (χ1) is 9.15. The fraction of sp³-hybridized carbons (Fsp3) is 0.500. The van der Waals surface area contributed by atoms with Gasteiger partial charge < -0.3 is 20.1 Å². The van der Waals surface area contributed by atoms with Gasteiger partial charge in [-0.1, -0.05) is 6.07 Å². The zero-order valence-corrected chi connectivity index (χ0v) is 11.4. The summed E-state index contributed by atoms with van der Waals surface area (Å²) in [5.74, 6) is 1.54. The van der Waals surface area contributed by atoms with Crippen molar-refractivity contribution in [1.82, 2.24) is 4.90 Å². The van der Waals surface area contributed by atoms with Gasteiger partial charge in [0.15, 0.2) is 11.5 Å². The summed E-state index contributed by atoms with van der Waals surface area (Å²) in [4.78, 5) is 13.5. The number of nitrogens with zero attached hydrogens (tertiary/aromatic N) is 1. The fourth-order valence-electron chi connectivity index (χ4n) is 2.37. The van der Waals surface area contributed by atoms with Crippen LogP contribution in [0.4, 0.5) is 0 Å². The average Bonchev–Trinajstić information content (AvgIpc) is 2.86. The summed E-state index contributed by atoms with van der Waals surface area (Å²) in [6.45, 7) is 4.99. The molecule has 0 saturated carbocycles. The van der Waals surface area contributed by atoms with E-state index in [1.54, 1.807) is 4.90 Å². The third-order valence-electron chi connectivity index (χ3n) is 3.34. The molecule has 19 heavy (non-hydrogen) atoms. The molecule has 0 fully saturated rings. The zero-order valence-electron chi connectivity index (χ0n) is 11.4. The summed E-state index contributed by atoms with van der Waals surface area (Å²) in [5, 5.41) is 0. The Labute approximate surface area is 113 Å². The largest absolute Gasteiger partial charge is 0.454 e. The molecule has 5 heteroatoms. The van der Waals surface area contributed by atoms with Gasteiger partial charge in [0, 0.05) is 12.6 Å². The molecule has 5 nitrogen and oxygen atoms in total. The number of hydrogen-bond acceptors (Lipinski definition) is 4. The van der Waals surface area contributed by atoms with Crippen LogP contribution in [0, 0.1) is 0 Å². The highest BCUT2D eigenvalue weighted by molar-refractivity contribution is 5.78. The summed E-state index contributed by atoms with van der Waals surface area (Å²) in [7, 11) is 0. The minimum atomic E-state index is -0.0178. The van der Waals surface area contributed by atoms with Gasteiger partial charge in [0.2, 0.25) is 12.7 Å². The third-order valence-corrected chi connectivity index (χ3v) is 3.34. The second-order valence-corrected chi connectivity index (χ2v) is 4.62. The van der Waals surface area contributed by atoms with Gasteiger partial charge in [0.1, 0.15) is 0 Å². The molecule has 2 N–H and O–H groups in total. The SMILES string of the molecule is CCN(C(=O)CN)C(C)Cc1ccc2c(c1)OCO2. The molecule has 104 valence electrons. The molecular weight excluding hydrogens is 244 g/mol. The summed E-state index contributed by atoms with van der Waals surface area (Å²) >= 11 is 0. The Morgan fingerprint density at radius 2 is 2.16 bits per heavy atom. The van der Waals surface area contributed by atoms with Crippen molar-refractivity contribution in [2.45, 2.75) is 26.3 Å². The molecule has 1 aromatic rings. The number of likely N-dealkylation sites (N-methyl/N-ethyl adjacent to an activating group) is 1. The maximum Gasteiger partial charge on any atom is 0.236 e. The fourth-order valence-corrected chi connectivity index (χ4v) is 2.37. The van der Waals surface area contributed by atoms with Crippen LogP contribution in [0.3, 0.4) is 0 Å². The molecule has 0 aliphatic carbocycles. The Morgan fingerprint density at radius 1 is 1.42 bits per heavy atom. The first kappa shape index (κ1) is 13.7. The number of rotatable bonds is 5. The third kappa shape index (κ3) is 2.98. The van der Waals surface area contributed by atoms with Crippen LogP contribution >= 0.6 is 0 Å². The second-order valence-electron chi connectivity index (χ2n) is 4.62. The molecule has 1 aromatic carbocycles. The smallest absolute Gasteiger partial charge is 0.236 e. The van der Waals surface area contributed by atoms with E-state index in [2.05, 4.69) is 0 Å². The van der Waals surface area contributed by atoms with Gasteiger partial charge in [0.05, 0.1) is 6.54 Å². The quantitative estimate of drug-likeness (QED) is 0.866. The molecule has 1 atom stereocenters. The monoisotopic (exact) mass is 264 g/mol. The van der Waals surface area contributed by atoms with Crippen LogP contribution < -0.4 is 15.2 Å². The summed E-state index contributed by atoms with van der Waals surface area (Å²) in [6.07, 6.45) is 0.774. The van der Waals surface area contributed by atoms with Crippen molar-refractivity contribution in [2.75, 3.05) is 19.9 Å². The number of fused-ring (bicyclic) bond motifs is 1. The predicted molar refractivity (Wildman–Crippen MR) is 72.2 cm³/mol. The standard InChI is InChI=1S/C14H20N2O3/c1-3-16(14(17)8-15)10(2)6-11-4-5-12-13(7-11)19-9-18-12/h4-5,7,10H,3,6,8-9,15H2,1-2H3. The number of hydrogen-bond donors (Lipinski definition) is 1. The van der Waals surface area contributed by atoms with Crippen molar-refractivity contribution in [3.63, 3.8) is 0 Å². The Kier molecular flexibility index (Phi) is 4.27. The lowest BCUT2D eigenvalue weighted by Gasteiger charge is -2.27. The molecule has 1 aliphatic heterocycles. The van der Waals surface area contributed by atoms with E-state index in [0.717, 1.165) is 23.5 Å². The molecule has 0 aromatic heterocycles. The first-order valence-corrected chi connectivity index (χ1v) is 6.53. The van der Waals surface area contributed by atoms with Crippen LogP contribution in [0.15, 0.2) is 18.2 Å². The van der Waals surface area contributed by atoms with E-state index in [9.17, 15) is 4.79 Å².